The minimum Gasteiger partial charge on any atom is -0.497 e. The Morgan fingerprint density at radius 2 is 2.24 bits per heavy atom. The van der Waals surface area contributed by atoms with Gasteiger partial charge in [-0.25, -0.2) is 0 Å². The molecule has 3 nitrogen and oxygen atoms in total. The quantitative estimate of drug-likeness (QED) is 0.937. The second-order valence-corrected chi connectivity index (χ2v) is 4.41. The molecule has 0 aliphatic carbocycles. The third kappa shape index (κ3) is 3.20. The molecule has 2 aromatic rings. The van der Waals surface area contributed by atoms with Gasteiger partial charge >= 0.3 is 0 Å². The van der Waals surface area contributed by atoms with E-state index in [-0.39, 0.29) is 0 Å². The molecule has 0 radical (unpaired) electrons. The highest BCUT2D eigenvalue weighted by molar-refractivity contribution is 9.10. The lowest BCUT2D eigenvalue weighted by atomic mass is 10.2. The largest absolute Gasteiger partial charge is 0.497 e. The van der Waals surface area contributed by atoms with Crippen LogP contribution in [0.3, 0.4) is 0 Å². The number of benzene rings is 1. The number of nitrogens with zero attached hydrogens (tertiary/aromatic N) is 1. The summed E-state index contributed by atoms with van der Waals surface area (Å²) in [6.07, 6.45) is 3.56. The van der Waals surface area contributed by atoms with E-state index in [9.17, 15) is 0 Å². The average molecular weight is 293 g/mol. The van der Waals surface area contributed by atoms with Gasteiger partial charge in [0.05, 0.1) is 12.8 Å². The zero-order valence-electron chi connectivity index (χ0n) is 9.48. The van der Waals surface area contributed by atoms with E-state index < -0.39 is 0 Å². The fourth-order valence-corrected chi connectivity index (χ4v) is 1.86. The summed E-state index contributed by atoms with van der Waals surface area (Å²) in [5, 5.41) is 3.31. The summed E-state index contributed by atoms with van der Waals surface area (Å²) < 4.78 is 6.27. The van der Waals surface area contributed by atoms with E-state index in [1.54, 1.807) is 19.5 Å². The average Bonchev–Trinajstić information content (AvgIpc) is 2.39. The molecule has 88 valence electrons. The first-order valence-corrected chi connectivity index (χ1v) is 6.05. The van der Waals surface area contributed by atoms with Gasteiger partial charge in [-0.1, -0.05) is 15.9 Å². The smallest absolute Gasteiger partial charge is 0.119 e. The Morgan fingerprint density at radius 1 is 1.35 bits per heavy atom. The molecule has 1 aromatic carbocycles. The molecule has 1 aromatic heterocycles. The van der Waals surface area contributed by atoms with Crippen LogP contribution in [0.4, 0.5) is 5.69 Å². The van der Waals surface area contributed by atoms with E-state index in [4.69, 9.17) is 4.74 Å². The number of nitrogens with one attached hydrogen (secondary N) is 1. The molecule has 4 heteroatoms. The standard InChI is InChI=1S/C13H13BrN2O/c1-17-12-4-5-13(14)10(7-12)8-16-11-3-2-6-15-9-11/h2-7,9,16H,8H2,1H3. The van der Waals surface area contributed by atoms with Crippen LogP contribution in [0.1, 0.15) is 5.56 Å². The minimum atomic E-state index is 0.726. The first-order valence-electron chi connectivity index (χ1n) is 5.26. The summed E-state index contributed by atoms with van der Waals surface area (Å²) in [5.74, 6) is 0.858. The minimum absolute atomic E-state index is 0.726. The van der Waals surface area contributed by atoms with Gasteiger partial charge in [0.25, 0.3) is 0 Å². The zero-order chi connectivity index (χ0) is 12.1. The van der Waals surface area contributed by atoms with Crippen molar-refractivity contribution in [1.82, 2.24) is 4.98 Å². The van der Waals surface area contributed by atoms with Crippen LogP contribution in [0.15, 0.2) is 47.2 Å². The first kappa shape index (κ1) is 11.9. The van der Waals surface area contributed by atoms with Gasteiger partial charge < -0.3 is 10.1 Å². The fourth-order valence-electron chi connectivity index (χ4n) is 1.48. The summed E-state index contributed by atoms with van der Waals surface area (Å²) in [6, 6.07) is 9.81. The molecule has 0 saturated heterocycles. The van der Waals surface area contributed by atoms with Crippen LogP contribution in [0, 0.1) is 0 Å². The summed E-state index contributed by atoms with van der Waals surface area (Å²) in [7, 11) is 1.67. The number of rotatable bonds is 4. The monoisotopic (exact) mass is 292 g/mol. The normalized spacial score (nSPS) is 10.0. The van der Waals surface area contributed by atoms with Crippen molar-refractivity contribution in [2.75, 3.05) is 12.4 Å². The predicted octanol–water partition coefficient (Wildman–Crippen LogP) is 3.46. The number of anilines is 1. The predicted molar refractivity (Wildman–Crippen MR) is 72.3 cm³/mol. The lowest BCUT2D eigenvalue weighted by molar-refractivity contribution is 0.414. The van der Waals surface area contributed by atoms with Crippen molar-refractivity contribution in [3.05, 3.63) is 52.8 Å². The van der Waals surface area contributed by atoms with Crippen molar-refractivity contribution < 1.29 is 4.74 Å². The lowest BCUT2D eigenvalue weighted by Crippen LogP contribution is -2.00. The van der Waals surface area contributed by atoms with Crippen LogP contribution in [-0.2, 0) is 6.54 Å². The van der Waals surface area contributed by atoms with Crippen molar-refractivity contribution in [1.29, 1.82) is 0 Å². The Bertz CT molecular complexity index is 488. The van der Waals surface area contributed by atoms with Gasteiger partial charge in [0.2, 0.25) is 0 Å². The molecule has 0 bridgehead atoms. The summed E-state index contributed by atoms with van der Waals surface area (Å²) >= 11 is 3.52. The van der Waals surface area contributed by atoms with Gasteiger partial charge in [-0.05, 0) is 35.9 Å². The highest BCUT2D eigenvalue weighted by Gasteiger charge is 2.02. The Labute approximate surface area is 109 Å². The molecule has 0 amide bonds. The molecule has 2 rings (SSSR count). The molecule has 17 heavy (non-hydrogen) atoms. The number of halogens is 1. The number of pyridine rings is 1. The molecule has 0 atom stereocenters. The van der Waals surface area contributed by atoms with E-state index in [1.165, 1.54) is 0 Å². The number of ether oxygens (including phenoxy) is 1. The first-order chi connectivity index (χ1) is 8.29. The second kappa shape index (κ2) is 5.68. The van der Waals surface area contributed by atoms with Crippen molar-refractivity contribution >= 4 is 21.6 Å². The van der Waals surface area contributed by atoms with Gasteiger partial charge in [0, 0.05) is 23.4 Å². The van der Waals surface area contributed by atoms with Gasteiger partial charge in [-0.2, -0.15) is 0 Å². The van der Waals surface area contributed by atoms with Crippen molar-refractivity contribution in [3.8, 4) is 5.75 Å². The van der Waals surface area contributed by atoms with E-state index in [0.29, 0.717) is 0 Å². The van der Waals surface area contributed by atoms with Crippen LogP contribution in [0.2, 0.25) is 0 Å². The summed E-state index contributed by atoms with van der Waals surface area (Å²) in [4.78, 5) is 4.05. The molecule has 0 spiro atoms. The van der Waals surface area contributed by atoms with Gasteiger partial charge in [0.15, 0.2) is 0 Å². The number of hydrogen-bond acceptors (Lipinski definition) is 3. The Kier molecular flexibility index (Phi) is 3.98. The molecule has 1 N–H and O–H groups in total. The van der Waals surface area contributed by atoms with Crippen LogP contribution >= 0.6 is 15.9 Å². The molecular weight excluding hydrogens is 280 g/mol. The SMILES string of the molecule is COc1ccc(Br)c(CNc2cccnc2)c1. The highest BCUT2D eigenvalue weighted by Crippen LogP contribution is 2.23. The molecule has 0 saturated carbocycles. The molecule has 0 fully saturated rings. The lowest BCUT2D eigenvalue weighted by Gasteiger charge is -2.09. The Balaban J connectivity index is 2.08. The number of aromatic nitrogens is 1. The summed E-state index contributed by atoms with van der Waals surface area (Å²) in [6.45, 7) is 0.726. The number of methoxy groups -OCH3 is 1. The zero-order valence-corrected chi connectivity index (χ0v) is 11.1. The summed E-state index contributed by atoms with van der Waals surface area (Å²) in [5.41, 5.74) is 2.15. The second-order valence-electron chi connectivity index (χ2n) is 3.55. The molecule has 0 aliphatic heterocycles. The third-order valence-electron chi connectivity index (χ3n) is 2.40. The van der Waals surface area contributed by atoms with Crippen LogP contribution < -0.4 is 10.1 Å². The maximum absolute atomic E-state index is 5.20. The van der Waals surface area contributed by atoms with Crippen LogP contribution in [0.5, 0.6) is 5.75 Å². The Hall–Kier alpha value is -1.55. The third-order valence-corrected chi connectivity index (χ3v) is 3.17. The van der Waals surface area contributed by atoms with E-state index in [0.717, 1.165) is 28.0 Å². The molecular formula is C13H13BrN2O. The molecule has 1 heterocycles. The number of hydrogen-bond donors (Lipinski definition) is 1. The molecule has 0 unspecified atom stereocenters. The van der Waals surface area contributed by atoms with Gasteiger partial charge in [0.1, 0.15) is 5.75 Å². The van der Waals surface area contributed by atoms with E-state index in [2.05, 4.69) is 26.2 Å². The maximum Gasteiger partial charge on any atom is 0.119 e. The van der Waals surface area contributed by atoms with Gasteiger partial charge in [-0.15, -0.1) is 0 Å². The highest BCUT2D eigenvalue weighted by atomic mass is 79.9. The van der Waals surface area contributed by atoms with Crippen molar-refractivity contribution in [3.63, 3.8) is 0 Å². The topological polar surface area (TPSA) is 34.1 Å². The van der Waals surface area contributed by atoms with Crippen molar-refractivity contribution in [2.24, 2.45) is 0 Å². The van der Waals surface area contributed by atoms with Gasteiger partial charge in [-0.3, -0.25) is 4.98 Å². The van der Waals surface area contributed by atoms with E-state index in [1.807, 2.05) is 30.3 Å². The van der Waals surface area contributed by atoms with E-state index >= 15 is 0 Å². The molecule has 0 aliphatic rings. The Morgan fingerprint density at radius 3 is 2.94 bits per heavy atom. The van der Waals surface area contributed by atoms with Crippen LogP contribution in [-0.4, -0.2) is 12.1 Å². The maximum atomic E-state index is 5.20. The fraction of sp³-hybridized carbons (Fsp3) is 0.154. The van der Waals surface area contributed by atoms with Crippen molar-refractivity contribution in [2.45, 2.75) is 6.54 Å². The van der Waals surface area contributed by atoms with Crippen LogP contribution in [0.25, 0.3) is 0 Å².